The molecule has 0 aliphatic carbocycles. The van der Waals surface area contributed by atoms with E-state index in [2.05, 4.69) is 5.32 Å². The number of benzene rings is 1. The Morgan fingerprint density at radius 3 is 2.18 bits per heavy atom. The van der Waals surface area contributed by atoms with Crippen LogP contribution >= 0.6 is 12.4 Å². The Balaban J connectivity index is 0.00000441. The van der Waals surface area contributed by atoms with Gasteiger partial charge in [0.2, 0.25) is 0 Å². The summed E-state index contributed by atoms with van der Waals surface area (Å²) >= 11 is 0. The largest absolute Gasteiger partial charge is 0.497 e. The van der Waals surface area contributed by atoms with Gasteiger partial charge in [0.15, 0.2) is 6.10 Å². The molecule has 0 heterocycles. The highest BCUT2D eigenvalue weighted by molar-refractivity contribution is 5.85. The molecule has 5 nitrogen and oxygen atoms in total. The summed E-state index contributed by atoms with van der Waals surface area (Å²) in [6, 6.07) is 7.12. The Morgan fingerprint density at radius 1 is 1.23 bits per heavy atom. The Kier molecular flexibility index (Phi) is 8.90. The van der Waals surface area contributed by atoms with E-state index in [9.17, 15) is 4.79 Å². The van der Waals surface area contributed by atoms with Gasteiger partial charge in [-0.05, 0) is 44.0 Å². The Labute approximate surface area is 139 Å². The van der Waals surface area contributed by atoms with Crippen LogP contribution in [0.15, 0.2) is 24.3 Å². The van der Waals surface area contributed by atoms with Gasteiger partial charge in [-0.25, -0.2) is 0 Å². The van der Waals surface area contributed by atoms with Crippen molar-refractivity contribution in [1.29, 1.82) is 0 Å². The lowest BCUT2D eigenvalue weighted by Gasteiger charge is -2.27. The average Bonchev–Trinajstić information content (AvgIpc) is 2.52. The molecule has 1 amide bonds. The fourth-order valence-electron chi connectivity index (χ4n) is 1.82. The van der Waals surface area contributed by atoms with E-state index >= 15 is 0 Å². The molecule has 0 fully saturated rings. The van der Waals surface area contributed by atoms with Crippen molar-refractivity contribution in [3.63, 3.8) is 0 Å². The summed E-state index contributed by atoms with van der Waals surface area (Å²) in [6.45, 7) is 6.21. The minimum atomic E-state index is -0.573. The number of ether oxygens (including phenoxy) is 2. The van der Waals surface area contributed by atoms with Crippen LogP contribution in [0.2, 0.25) is 0 Å². The van der Waals surface area contributed by atoms with Gasteiger partial charge in [0.1, 0.15) is 11.5 Å². The van der Waals surface area contributed by atoms with Gasteiger partial charge >= 0.3 is 0 Å². The first-order valence-electron chi connectivity index (χ1n) is 7.31. The van der Waals surface area contributed by atoms with Crippen molar-refractivity contribution in [2.45, 2.75) is 45.3 Å². The smallest absolute Gasteiger partial charge is 0.260 e. The molecular formula is C16H27ClN2O3. The van der Waals surface area contributed by atoms with Crippen molar-refractivity contribution in [2.24, 2.45) is 5.73 Å². The van der Waals surface area contributed by atoms with Crippen molar-refractivity contribution in [3.05, 3.63) is 24.3 Å². The molecule has 3 N–H and O–H groups in total. The molecule has 0 saturated heterocycles. The number of hydrogen-bond acceptors (Lipinski definition) is 4. The first-order valence-corrected chi connectivity index (χ1v) is 7.31. The van der Waals surface area contributed by atoms with Crippen LogP contribution < -0.4 is 20.5 Å². The molecule has 1 aromatic rings. The molecule has 0 bridgehead atoms. The fourth-order valence-corrected chi connectivity index (χ4v) is 1.82. The molecule has 1 unspecified atom stereocenters. The maximum atomic E-state index is 12.0. The molecule has 0 spiro atoms. The van der Waals surface area contributed by atoms with E-state index in [1.165, 1.54) is 0 Å². The van der Waals surface area contributed by atoms with E-state index in [0.717, 1.165) is 18.6 Å². The lowest BCUT2D eigenvalue weighted by Crippen LogP contribution is -2.51. The molecule has 1 aromatic carbocycles. The molecule has 1 rings (SSSR count). The number of hydrogen-bond donors (Lipinski definition) is 2. The summed E-state index contributed by atoms with van der Waals surface area (Å²) in [5.41, 5.74) is 5.81. The first kappa shape index (κ1) is 20.5. The minimum absolute atomic E-state index is 0. The number of carbonyl (C=O) groups is 1. The number of methoxy groups -OCH3 is 1. The summed E-state index contributed by atoms with van der Waals surface area (Å²) in [6.07, 6.45) is 1.06. The van der Waals surface area contributed by atoms with Crippen LogP contribution in [-0.4, -0.2) is 31.2 Å². The van der Waals surface area contributed by atoms with Crippen molar-refractivity contribution in [3.8, 4) is 11.5 Å². The second-order valence-corrected chi connectivity index (χ2v) is 5.22. The summed E-state index contributed by atoms with van der Waals surface area (Å²) in [7, 11) is 1.60. The SMILES string of the molecule is CCC(N)(CC)CNC(=O)C(C)Oc1ccc(OC)cc1.Cl. The third-order valence-electron chi connectivity index (χ3n) is 3.76. The Hall–Kier alpha value is -1.46. The number of nitrogens with two attached hydrogens (primary N) is 1. The molecule has 22 heavy (non-hydrogen) atoms. The van der Waals surface area contributed by atoms with Crippen LogP contribution in [-0.2, 0) is 4.79 Å². The second-order valence-electron chi connectivity index (χ2n) is 5.22. The van der Waals surface area contributed by atoms with E-state index in [1.807, 2.05) is 13.8 Å². The Morgan fingerprint density at radius 2 is 1.73 bits per heavy atom. The van der Waals surface area contributed by atoms with Crippen molar-refractivity contribution < 1.29 is 14.3 Å². The van der Waals surface area contributed by atoms with Crippen LogP contribution in [0, 0.1) is 0 Å². The van der Waals surface area contributed by atoms with Gasteiger partial charge in [-0.3, -0.25) is 4.79 Å². The van der Waals surface area contributed by atoms with E-state index < -0.39 is 6.10 Å². The second kappa shape index (κ2) is 9.54. The number of nitrogens with one attached hydrogen (secondary N) is 1. The zero-order valence-electron chi connectivity index (χ0n) is 13.7. The van der Waals surface area contributed by atoms with Gasteiger partial charge in [0, 0.05) is 12.1 Å². The van der Waals surface area contributed by atoms with E-state index in [0.29, 0.717) is 12.3 Å². The molecule has 0 aliphatic rings. The first-order chi connectivity index (χ1) is 9.94. The summed E-state index contributed by atoms with van der Waals surface area (Å²) in [4.78, 5) is 12.0. The minimum Gasteiger partial charge on any atom is -0.497 e. The molecule has 0 saturated carbocycles. The van der Waals surface area contributed by atoms with E-state index in [4.69, 9.17) is 15.2 Å². The summed E-state index contributed by atoms with van der Waals surface area (Å²) in [5.74, 6) is 1.21. The predicted molar refractivity (Wildman–Crippen MR) is 90.8 cm³/mol. The highest BCUT2D eigenvalue weighted by atomic mass is 35.5. The molecule has 0 aliphatic heterocycles. The van der Waals surface area contributed by atoms with Gasteiger partial charge in [-0.1, -0.05) is 13.8 Å². The number of carbonyl (C=O) groups excluding carboxylic acids is 1. The molecule has 0 radical (unpaired) electrons. The molecule has 6 heteroatoms. The number of halogens is 1. The average molecular weight is 331 g/mol. The van der Waals surface area contributed by atoms with Crippen LogP contribution in [0.4, 0.5) is 0 Å². The van der Waals surface area contributed by atoms with Gasteiger partial charge < -0.3 is 20.5 Å². The third-order valence-corrected chi connectivity index (χ3v) is 3.76. The molecular weight excluding hydrogens is 304 g/mol. The zero-order valence-corrected chi connectivity index (χ0v) is 14.5. The lowest BCUT2D eigenvalue weighted by molar-refractivity contribution is -0.127. The maximum absolute atomic E-state index is 12.0. The van der Waals surface area contributed by atoms with Crippen LogP contribution in [0.5, 0.6) is 11.5 Å². The van der Waals surface area contributed by atoms with E-state index in [1.54, 1.807) is 38.3 Å². The summed E-state index contributed by atoms with van der Waals surface area (Å²) in [5, 5.41) is 2.85. The monoisotopic (exact) mass is 330 g/mol. The number of rotatable bonds is 8. The highest BCUT2D eigenvalue weighted by Gasteiger charge is 2.23. The van der Waals surface area contributed by atoms with Gasteiger partial charge in [0.05, 0.1) is 7.11 Å². The summed E-state index contributed by atoms with van der Waals surface area (Å²) < 4.78 is 10.7. The fraction of sp³-hybridized carbons (Fsp3) is 0.562. The highest BCUT2D eigenvalue weighted by Crippen LogP contribution is 2.18. The van der Waals surface area contributed by atoms with E-state index in [-0.39, 0.29) is 23.9 Å². The number of amides is 1. The third kappa shape index (κ3) is 6.12. The van der Waals surface area contributed by atoms with Crippen LogP contribution in [0.25, 0.3) is 0 Å². The normalized spacial score (nSPS) is 12.0. The predicted octanol–water partition coefficient (Wildman–Crippen LogP) is 2.52. The maximum Gasteiger partial charge on any atom is 0.260 e. The van der Waals surface area contributed by atoms with Crippen molar-refractivity contribution in [2.75, 3.05) is 13.7 Å². The lowest BCUT2D eigenvalue weighted by atomic mass is 9.94. The van der Waals surface area contributed by atoms with Crippen molar-refractivity contribution >= 4 is 18.3 Å². The Bertz CT molecular complexity index is 447. The molecule has 0 aromatic heterocycles. The van der Waals surface area contributed by atoms with Gasteiger partial charge in [-0.2, -0.15) is 0 Å². The van der Waals surface area contributed by atoms with Gasteiger partial charge in [-0.15, -0.1) is 12.4 Å². The zero-order chi connectivity index (χ0) is 15.9. The molecule has 126 valence electrons. The topological polar surface area (TPSA) is 73.6 Å². The quantitative estimate of drug-likeness (QED) is 0.768. The van der Waals surface area contributed by atoms with Crippen LogP contribution in [0.3, 0.4) is 0 Å². The van der Waals surface area contributed by atoms with Crippen molar-refractivity contribution in [1.82, 2.24) is 5.32 Å². The van der Waals surface area contributed by atoms with Crippen LogP contribution in [0.1, 0.15) is 33.6 Å². The van der Waals surface area contributed by atoms with Gasteiger partial charge in [0.25, 0.3) is 5.91 Å². The standard InChI is InChI=1S/C16H26N2O3.ClH/c1-5-16(17,6-2)11-18-15(19)12(3)21-14-9-7-13(20-4)8-10-14;/h7-10,12H,5-6,11,17H2,1-4H3,(H,18,19);1H. The molecule has 1 atom stereocenters.